The van der Waals surface area contributed by atoms with Crippen molar-refractivity contribution in [1.29, 1.82) is 0 Å². The maximum absolute atomic E-state index is 11.8. The smallest absolute Gasteiger partial charge is 0.222 e. The second kappa shape index (κ2) is 8.04. The molecule has 3 heterocycles. The fraction of sp³-hybridized carbons (Fsp3) is 0.524. The minimum atomic E-state index is 0.310. The van der Waals surface area contributed by atoms with Gasteiger partial charge in [-0.05, 0) is 25.7 Å². The first kappa shape index (κ1) is 17.3. The van der Waals surface area contributed by atoms with Crippen LogP contribution in [-0.2, 0) is 16.1 Å². The summed E-state index contributed by atoms with van der Waals surface area (Å²) in [7, 11) is 0. The first-order valence-electron chi connectivity index (χ1n) is 9.79. The summed E-state index contributed by atoms with van der Waals surface area (Å²) in [5.74, 6) is 0.806. The molecule has 1 aromatic carbocycles. The highest BCUT2D eigenvalue weighted by Crippen LogP contribution is 2.34. The van der Waals surface area contributed by atoms with Crippen molar-refractivity contribution >= 4 is 5.91 Å². The highest BCUT2D eigenvalue weighted by molar-refractivity contribution is 5.78. The van der Waals surface area contributed by atoms with Gasteiger partial charge in [0, 0.05) is 56.4 Å². The molecule has 2 fully saturated rings. The summed E-state index contributed by atoms with van der Waals surface area (Å²) < 4.78 is 7.89. The van der Waals surface area contributed by atoms with Gasteiger partial charge in [0.05, 0.1) is 12.0 Å². The van der Waals surface area contributed by atoms with Gasteiger partial charge in [0.2, 0.25) is 5.91 Å². The highest BCUT2D eigenvalue weighted by Gasteiger charge is 2.25. The van der Waals surface area contributed by atoms with E-state index in [4.69, 9.17) is 9.72 Å². The van der Waals surface area contributed by atoms with E-state index in [1.807, 2.05) is 17.3 Å². The van der Waals surface area contributed by atoms with E-state index in [0.29, 0.717) is 11.8 Å². The predicted molar refractivity (Wildman–Crippen MR) is 101 cm³/mol. The Balaban J connectivity index is 1.53. The number of ether oxygens (including phenoxy) is 1. The van der Waals surface area contributed by atoms with Crippen molar-refractivity contribution in [3.63, 3.8) is 0 Å². The van der Waals surface area contributed by atoms with Crippen LogP contribution in [0.5, 0.6) is 0 Å². The Hall–Kier alpha value is -2.14. The monoisotopic (exact) mass is 353 g/mol. The molecule has 2 aliphatic rings. The predicted octanol–water partition coefficient (Wildman–Crippen LogP) is 3.46. The molecule has 5 heteroatoms. The summed E-state index contributed by atoms with van der Waals surface area (Å²) >= 11 is 0. The summed E-state index contributed by atoms with van der Waals surface area (Å²) in [4.78, 5) is 18.6. The first-order valence-corrected chi connectivity index (χ1v) is 9.79. The van der Waals surface area contributed by atoms with Crippen molar-refractivity contribution < 1.29 is 9.53 Å². The van der Waals surface area contributed by atoms with Crippen LogP contribution in [0.4, 0.5) is 0 Å². The number of rotatable bonds is 6. The van der Waals surface area contributed by atoms with E-state index in [1.54, 1.807) is 0 Å². The molecule has 2 aliphatic heterocycles. The number of aromatic nitrogens is 2. The molecule has 0 aliphatic carbocycles. The zero-order chi connectivity index (χ0) is 17.8. The Morgan fingerprint density at radius 2 is 1.92 bits per heavy atom. The van der Waals surface area contributed by atoms with Crippen molar-refractivity contribution in [3.05, 3.63) is 42.4 Å². The summed E-state index contributed by atoms with van der Waals surface area (Å²) in [5.41, 5.74) is 3.63. The van der Waals surface area contributed by atoms with Gasteiger partial charge in [-0.3, -0.25) is 4.79 Å². The molecule has 0 N–H and O–H groups in total. The summed E-state index contributed by atoms with van der Waals surface area (Å²) in [6.45, 7) is 4.34. The Morgan fingerprint density at radius 3 is 2.65 bits per heavy atom. The second-order valence-corrected chi connectivity index (χ2v) is 7.26. The normalized spacial score (nSPS) is 18.6. The molecule has 0 spiro atoms. The zero-order valence-electron chi connectivity index (χ0n) is 15.3. The molecule has 2 aromatic rings. The Morgan fingerprint density at radius 1 is 1.12 bits per heavy atom. The van der Waals surface area contributed by atoms with Gasteiger partial charge in [-0.1, -0.05) is 30.3 Å². The molecule has 1 aromatic heterocycles. The molecule has 0 atom stereocenters. The molecule has 0 unspecified atom stereocenters. The van der Waals surface area contributed by atoms with Crippen LogP contribution in [0, 0.1) is 0 Å². The van der Waals surface area contributed by atoms with Gasteiger partial charge in [-0.25, -0.2) is 4.98 Å². The van der Waals surface area contributed by atoms with Gasteiger partial charge in [0.15, 0.2) is 0 Å². The number of aryl methyl sites for hydroxylation is 1. The number of nitrogens with zero attached hydrogens (tertiary/aromatic N) is 3. The van der Waals surface area contributed by atoms with Crippen LogP contribution < -0.4 is 0 Å². The number of imidazole rings is 1. The van der Waals surface area contributed by atoms with Crippen molar-refractivity contribution in [2.45, 2.75) is 44.6 Å². The lowest BCUT2D eigenvalue weighted by Gasteiger charge is -2.25. The molecule has 4 rings (SSSR count). The Labute approximate surface area is 155 Å². The average Bonchev–Trinajstić information content (AvgIpc) is 3.30. The van der Waals surface area contributed by atoms with E-state index < -0.39 is 0 Å². The van der Waals surface area contributed by atoms with Crippen LogP contribution in [0.25, 0.3) is 11.3 Å². The third kappa shape index (κ3) is 3.68. The fourth-order valence-electron chi connectivity index (χ4n) is 4.16. The lowest BCUT2D eigenvalue weighted by Crippen LogP contribution is -2.26. The summed E-state index contributed by atoms with van der Waals surface area (Å²) in [5, 5.41) is 0. The molecule has 0 bridgehead atoms. The van der Waals surface area contributed by atoms with Crippen LogP contribution >= 0.6 is 0 Å². The number of carbonyl (C=O) groups is 1. The number of hydrogen-bond donors (Lipinski definition) is 0. The van der Waals surface area contributed by atoms with E-state index in [1.165, 1.54) is 11.3 Å². The fourth-order valence-corrected chi connectivity index (χ4v) is 4.16. The van der Waals surface area contributed by atoms with E-state index in [9.17, 15) is 4.79 Å². The molecule has 1 amide bonds. The highest BCUT2D eigenvalue weighted by atomic mass is 16.5. The van der Waals surface area contributed by atoms with Crippen LogP contribution in [0.15, 0.2) is 36.7 Å². The molecule has 26 heavy (non-hydrogen) atoms. The van der Waals surface area contributed by atoms with E-state index in [-0.39, 0.29) is 0 Å². The molecule has 138 valence electrons. The molecular weight excluding hydrogens is 326 g/mol. The Kier molecular flexibility index (Phi) is 5.34. The quantitative estimate of drug-likeness (QED) is 0.799. The summed E-state index contributed by atoms with van der Waals surface area (Å²) in [6.07, 6.45) is 6.80. The number of likely N-dealkylation sites (tertiary alicyclic amines) is 1. The first-order chi connectivity index (χ1) is 12.8. The van der Waals surface area contributed by atoms with Crippen LogP contribution in [0.3, 0.4) is 0 Å². The van der Waals surface area contributed by atoms with Crippen molar-refractivity contribution in [2.75, 3.05) is 26.3 Å². The minimum Gasteiger partial charge on any atom is -0.381 e. The number of amides is 1. The maximum atomic E-state index is 11.8. The number of carbonyl (C=O) groups excluding carboxylic acids is 1. The number of benzene rings is 1. The van der Waals surface area contributed by atoms with E-state index >= 15 is 0 Å². The lowest BCUT2D eigenvalue weighted by atomic mass is 9.93. The van der Waals surface area contributed by atoms with Gasteiger partial charge in [-0.15, -0.1) is 0 Å². The molecule has 5 nitrogen and oxygen atoms in total. The average molecular weight is 353 g/mol. The van der Waals surface area contributed by atoms with Gasteiger partial charge in [0.25, 0.3) is 0 Å². The van der Waals surface area contributed by atoms with Crippen LogP contribution in [0.2, 0.25) is 0 Å². The minimum absolute atomic E-state index is 0.310. The third-order valence-corrected chi connectivity index (χ3v) is 5.53. The molecule has 0 saturated carbocycles. The van der Waals surface area contributed by atoms with Crippen LogP contribution in [-0.4, -0.2) is 46.7 Å². The Bertz CT molecular complexity index is 735. The topological polar surface area (TPSA) is 47.4 Å². The van der Waals surface area contributed by atoms with Crippen molar-refractivity contribution in [3.8, 4) is 11.3 Å². The van der Waals surface area contributed by atoms with Gasteiger partial charge in [0.1, 0.15) is 0 Å². The third-order valence-electron chi connectivity index (χ3n) is 5.53. The van der Waals surface area contributed by atoms with Gasteiger partial charge < -0.3 is 14.2 Å². The van der Waals surface area contributed by atoms with Crippen molar-refractivity contribution in [2.24, 2.45) is 0 Å². The number of hydrogen-bond acceptors (Lipinski definition) is 3. The summed E-state index contributed by atoms with van der Waals surface area (Å²) in [6, 6.07) is 10.5. The molecular formula is C21H27N3O2. The van der Waals surface area contributed by atoms with E-state index in [0.717, 1.165) is 70.6 Å². The molecule has 0 radical (unpaired) electrons. The lowest BCUT2D eigenvalue weighted by molar-refractivity contribution is -0.127. The maximum Gasteiger partial charge on any atom is 0.222 e. The zero-order valence-corrected chi connectivity index (χ0v) is 15.3. The van der Waals surface area contributed by atoms with Gasteiger partial charge >= 0.3 is 0 Å². The largest absolute Gasteiger partial charge is 0.381 e. The molecule has 2 saturated heterocycles. The van der Waals surface area contributed by atoms with Crippen molar-refractivity contribution in [1.82, 2.24) is 14.5 Å². The SMILES string of the molecule is O=C1CCCN1CCCn1cnc(-c2ccccc2)c1C1CCOCC1. The van der Waals surface area contributed by atoms with Gasteiger partial charge in [-0.2, -0.15) is 0 Å². The standard InChI is InChI=1S/C21H27N3O2/c25-19-8-4-11-23(19)12-5-13-24-16-22-20(17-6-2-1-3-7-17)21(24)18-9-14-26-15-10-18/h1-3,6-7,16,18H,4-5,8-15H2. The van der Waals surface area contributed by atoms with E-state index in [2.05, 4.69) is 28.8 Å². The second-order valence-electron chi connectivity index (χ2n) is 7.26. The van der Waals surface area contributed by atoms with Crippen LogP contribution in [0.1, 0.15) is 43.7 Å².